The Morgan fingerprint density at radius 3 is 1.91 bits per heavy atom. The Morgan fingerprint density at radius 2 is 1.48 bits per heavy atom. The number of nitrogens with zero attached hydrogens (tertiary/aromatic N) is 4. The summed E-state index contributed by atoms with van der Waals surface area (Å²) in [5.41, 5.74) is 2.93. The number of piperidine rings is 1. The third-order valence-corrected chi connectivity index (χ3v) is 5.91. The van der Waals surface area contributed by atoms with E-state index in [2.05, 4.69) is 30.0 Å². The topological polar surface area (TPSA) is 114 Å². The van der Waals surface area contributed by atoms with E-state index in [1.54, 1.807) is 0 Å². The Bertz CT molecular complexity index is 897. The molecular weight excluding hydrogens is 424 g/mol. The van der Waals surface area contributed by atoms with Crippen molar-refractivity contribution in [3.63, 3.8) is 0 Å². The van der Waals surface area contributed by atoms with Gasteiger partial charge in [0.2, 0.25) is 0 Å². The van der Waals surface area contributed by atoms with Crippen LogP contribution in [0.4, 0.5) is 5.82 Å². The number of carbonyl (C=O) groups excluding carboxylic acids is 1. The first-order valence-corrected chi connectivity index (χ1v) is 10.6. The summed E-state index contributed by atoms with van der Waals surface area (Å²) >= 11 is 0. The minimum absolute atomic E-state index is 0.165. The molecule has 1 aliphatic carbocycles. The van der Waals surface area contributed by atoms with Gasteiger partial charge in [-0.25, -0.2) is 4.98 Å². The molecule has 9 nitrogen and oxygen atoms in total. The zero-order valence-corrected chi connectivity index (χ0v) is 19.5. The molecule has 1 unspecified atom stereocenters. The molecule has 2 aliphatic rings. The Labute approximate surface area is 194 Å². The second kappa shape index (κ2) is 12.0. The monoisotopic (exact) mass is 456 g/mol. The normalized spacial score (nSPS) is 19.9. The first-order chi connectivity index (χ1) is 15.8. The van der Waals surface area contributed by atoms with Crippen LogP contribution in [-0.2, 0) is 9.59 Å². The lowest BCUT2D eigenvalue weighted by Crippen LogP contribution is -2.33. The fourth-order valence-electron chi connectivity index (χ4n) is 4.32. The summed E-state index contributed by atoms with van der Waals surface area (Å²) in [6.07, 6.45) is 1.88. The number of benzene rings is 1. The Balaban J connectivity index is 0.000000582. The minimum Gasteiger partial charge on any atom is -0.483 e. The average Bonchev–Trinajstić information content (AvgIpc) is 3.20. The summed E-state index contributed by atoms with van der Waals surface area (Å²) in [4.78, 5) is 40.3. The SMILES string of the molecule is CN(C)CC1[C@H]2CN(C(=O)c3ccc(-c4ccc(N(C)C)nc4)cc3)C[C@@H]12.O=CO.O=CO. The van der Waals surface area contributed by atoms with E-state index in [-0.39, 0.29) is 18.9 Å². The van der Waals surface area contributed by atoms with Crippen LogP contribution in [0.1, 0.15) is 10.4 Å². The smallest absolute Gasteiger partial charge is 0.290 e. The zero-order chi connectivity index (χ0) is 24.5. The number of likely N-dealkylation sites (tertiary alicyclic amines) is 1. The predicted molar refractivity (Wildman–Crippen MR) is 126 cm³/mol. The molecule has 1 amide bonds. The number of hydrogen-bond donors (Lipinski definition) is 2. The highest BCUT2D eigenvalue weighted by molar-refractivity contribution is 5.95. The van der Waals surface area contributed by atoms with E-state index >= 15 is 0 Å². The molecule has 2 fully saturated rings. The van der Waals surface area contributed by atoms with Gasteiger partial charge in [-0.3, -0.25) is 14.4 Å². The molecule has 0 radical (unpaired) electrons. The number of carbonyl (C=O) groups is 3. The molecule has 2 heterocycles. The van der Waals surface area contributed by atoms with Crippen LogP contribution >= 0.6 is 0 Å². The fraction of sp³-hybridized carbons (Fsp3) is 0.417. The standard InChI is InChI=1S/C22H28N4O.2CH2O2/c1-24(2)12-18-19-13-26(14-20(18)19)22(27)16-7-5-15(6-8-16)17-9-10-21(23-11-17)25(3)4;2*2-1-3/h5-11,18-20H,12-14H2,1-4H3;2*1H,(H,2,3)/t18?,19-,20+;;. The van der Waals surface area contributed by atoms with Crippen LogP contribution in [0.25, 0.3) is 11.1 Å². The van der Waals surface area contributed by atoms with Crippen molar-refractivity contribution in [2.24, 2.45) is 17.8 Å². The summed E-state index contributed by atoms with van der Waals surface area (Å²) in [6.45, 7) is 2.48. The lowest BCUT2D eigenvalue weighted by Gasteiger charge is -2.21. The van der Waals surface area contributed by atoms with Gasteiger partial charge in [0.1, 0.15) is 5.82 Å². The number of hydrogen-bond acceptors (Lipinski definition) is 6. The number of anilines is 1. The third-order valence-electron chi connectivity index (χ3n) is 5.91. The number of amides is 1. The van der Waals surface area contributed by atoms with Crippen LogP contribution in [0.15, 0.2) is 42.6 Å². The van der Waals surface area contributed by atoms with Crippen LogP contribution in [0, 0.1) is 17.8 Å². The minimum atomic E-state index is -0.250. The molecule has 3 atom stereocenters. The van der Waals surface area contributed by atoms with Crippen molar-refractivity contribution in [3.05, 3.63) is 48.2 Å². The van der Waals surface area contributed by atoms with Crippen molar-refractivity contribution in [1.29, 1.82) is 0 Å². The molecule has 4 rings (SSSR count). The fourth-order valence-corrected chi connectivity index (χ4v) is 4.32. The molecule has 9 heteroatoms. The first-order valence-electron chi connectivity index (χ1n) is 10.6. The van der Waals surface area contributed by atoms with Crippen LogP contribution in [0.5, 0.6) is 0 Å². The lowest BCUT2D eigenvalue weighted by atomic mass is 10.0. The van der Waals surface area contributed by atoms with Crippen molar-refractivity contribution in [3.8, 4) is 11.1 Å². The number of carboxylic acid groups (broad SMARTS) is 2. The van der Waals surface area contributed by atoms with Crippen molar-refractivity contribution in [2.45, 2.75) is 0 Å². The molecule has 0 bridgehead atoms. The number of aromatic nitrogens is 1. The first kappa shape index (κ1) is 25.8. The van der Waals surface area contributed by atoms with Crippen LogP contribution in [0.3, 0.4) is 0 Å². The zero-order valence-electron chi connectivity index (χ0n) is 19.5. The Hall–Kier alpha value is -3.46. The molecule has 1 aromatic heterocycles. The quantitative estimate of drug-likeness (QED) is 0.658. The average molecular weight is 457 g/mol. The van der Waals surface area contributed by atoms with E-state index in [4.69, 9.17) is 19.8 Å². The van der Waals surface area contributed by atoms with Crippen molar-refractivity contribution < 1.29 is 24.6 Å². The Morgan fingerprint density at radius 1 is 0.970 bits per heavy atom. The molecule has 178 valence electrons. The highest BCUT2D eigenvalue weighted by Gasteiger charge is 2.56. The predicted octanol–water partition coefficient (Wildman–Crippen LogP) is 2.10. The highest BCUT2D eigenvalue weighted by Crippen LogP contribution is 2.52. The van der Waals surface area contributed by atoms with Gasteiger partial charge < -0.3 is 24.9 Å². The maximum Gasteiger partial charge on any atom is 0.290 e. The van der Waals surface area contributed by atoms with Gasteiger partial charge in [0, 0.05) is 51.1 Å². The van der Waals surface area contributed by atoms with E-state index < -0.39 is 0 Å². The van der Waals surface area contributed by atoms with Gasteiger partial charge >= 0.3 is 0 Å². The van der Waals surface area contributed by atoms with Gasteiger partial charge in [0.25, 0.3) is 18.9 Å². The molecule has 0 spiro atoms. The molecule has 1 saturated carbocycles. The van der Waals surface area contributed by atoms with Gasteiger partial charge in [-0.2, -0.15) is 0 Å². The van der Waals surface area contributed by atoms with Gasteiger partial charge in [-0.05, 0) is 61.7 Å². The van der Waals surface area contributed by atoms with Gasteiger partial charge in [-0.1, -0.05) is 12.1 Å². The summed E-state index contributed by atoms with van der Waals surface area (Å²) in [7, 11) is 8.21. The molecule has 2 aromatic rings. The van der Waals surface area contributed by atoms with Crippen molar-refractivity contribution >= 4 is 24.7 Å². The highest BCUT2D eigenvalue weighted by atomic mass is 16.3. The maximum atomic E-state index is 12.8. The molecule has 33 heavy (non-hydrogen) atoms. The summed E-state index contributed by atoms with van der Waals surface area (Å²) in [5, 5.41) is 13.8. The second-order valence-electron chi connectivity index (χ2n) is 8.55. The summed E-state index contributed by atoms with van der Waals surface area (Å²) in [5.74, 6) is 3.29. The van der Waals surface area contributed by atoms with Crippen molar-refractivity contribution in [1.82, 2.24) is 14.8 Å². The summed E-state index contributed by atoms with van der Waals surface area (Å²) in [6, 6.07) is 12.0. The number of fused-ring (bicyclic) bond motifs is 1. The summed E-state index contributed by atoms with van der Waals surface area (Å²) < 4.78 is 0. The van der Waals surface area contributed by atoms with E-state index in [0.717, 1.165) is 48.1 Å². The largest absolute Gasteiger partial charge is 0.483 e. The third kappa shape index (κ3) is 6.76. The van der Waals surface area contributed by atoms with E-state index in [0.29, 0.717) is 11.8 Å². The molecular formula is C24H32N4O5. The second-order valence-corrected chi connectivity index (χ2v) is 8.55. The van der Waals surface area contributed by atoms with Gasteiger partial charge in [-0.15, -0.1) is 0 Å². The Kier molecular flexibility index (Phi) is 9.35. The molecule has 1 aliphatic heterocycles. The molecule has 2 N–H and O–H groups in total. The maximum absolute atomic E-state index is 12.8. The van der Waals surface area contributed by atoms with E-state index in [9.17, 15) is 4.79 Å². The number of pyridine rings is 1. The lowest BCUT2D eigenvalue weighted by molar-refractivity contribution is -0.123. The van der Waals surface area contributed by atoms with Crippen molar-refractivity contribution in [2.75, 3.05) is 52.7 Å². The van der Waals surface area contributed by atoms with Crippen LogP contribution in [0.2, 0.25) is 0 Å². The van der Waals surface area contributed by atoms with E-state index in [1.165, 1.54) is 0 Å². The van der Waals surface area contributed by atoms with Gasteiger partial charge in [0.15, 0.2) is 0 Å². The number of rotatable bonds is 5. The van der Waals surface area contributed by atoms with Crippen LogP contribution in [-0.4, -0.2) is 91.7 Å². The van der Waals surface area contributed by atoms with E-state index in [1.807, 2.05) is 60.4 Å². The molecule has 1 aromatic carbocycles. The molecule has 1 saturated heterocycles. The van der Waals surface area contributed by atoms with Crippen LogP contribution < -0.4 is 4.90 Å². The van der Waals surface area contributed by atoms with Gasteiger partial charge in [0.05, 0.1) is 0 Å².